The van der Waals surface area contributed by atoms with E-state index >= 15 is 0 Å². The molecule has 0 saturated heterocycles. The summed E-state index contributed by atoms with van der Waals surface area (Å²) < 4.78 is 0. The summed E-state index contributed by atoms with van der Waals surface area (Å²) >= 11 is 0. The van der Waals surface area contributed by atoms with Crippen LogP contribution in [-0.2, 0) is 0 Å². The molecule has 1 saturated carbocycles. The number of rotatable bonds is 4. The summed E-state index contributed by atoms with van der Waals surface area (Å²) in [7, 11) is 0. The third kappa shape index (κ3) is 3.74. The number of hydrogen-bond donors (Lipinski definition) is 1. The second-order valence-electron chi connectivity index (χ2n) is 5.66. The largest absolute Gasteiger partial charge is 0.307 e. The van der Waals surface area contributed by atoms with Crippen molar-refractivity contribution < 1.29 is 0 Å². The van der Waals surface area contributed by atoms with Crippen LogP contribution >= 0.6 is 0 Å². The average Bonchev–Trinajstić information content (AvgIpc) is 3.34. The molecule has 106 valence electrons. The molecular weight excluding hydrogens is 254 g/mol. The second-order valence-corrected chi connectivity index (χ2v) is 5.66. The topological polar surface area (TPSA) is 12.0 Å². The first-order chi connectivity index (χ1) is 10.3. The van der Waals surface area contributed by atoms with E-state index in [-0.39, 0.29) is 0 Å². The van der Waals surface area contributed by atoms with Crippen molar-refractivity contribution in [2.45, 2.75) is 25.8 Å². The Hall–Kier alpha value is -2.04. The zero-order valence-corrected chi connectivity index (χ0v) is 12.5. The molecule has 1 fully saturated rings. The van der Waals surface area contributed by atoms with E-state index in [4.69, 9.17) is 0 Å². The number of benzene rings is 2. The van der Waals surface area contributed by atoms with E-state index < -0.39 is 0 Å². The number of nitrogens with one attached hydrogen (secondary N) is 1. The van der Waals surface area contributed by atoms with Crippen molar-refractivity contribution in [3.63, 3.8) is 0 Å². The molecule has 0 aromatic heterocycles. The van der Waals surface area contributed by atoms with Crippen LogP contribution < -0.4 is 5.32 Å². The van der Waals surface area contributed by atoms with Crippen molar-refractivity contribution in [1.29, 1.82) is 0 Å². The molecule has 0 unspecified atom stereocenters. The van der Waals surface area contributed by atoms with Gasteiger partial charge in [-0.25, -0.2) is 0 Å². The van der Waals surface area contributed by atoms with Crippen LogP contribution in [0.4, 0.5) is 0 Å². The molecule has 3 rings (SSSR count). The molecule has 2 aromatic carbocycles. The van der Waals surface area contributed by atoms with Gasteiger partial charge in [-0.3, -0.25) is 0 Å². The minimum absolute atomic E-state index is 0.331. The number of hydrogen-bond acceptors (Lipinski definition) is 1. The van der Waals surface area contributed by atoms with E-state index in [9.17, 15) is 0 Å². The van der Waals surface area contributed by atoms with Crippen LogP contribution in [0.5, 0.6) is 0 Å². The number of allylic oxidation sites excluding steroid dienone is 1. The Labute approximate surface area is 127 Å². The molecule has 1 heteroatoms. The van der Waals surface area contributed by atoms with Crippen LogP contribution in [0.3, 0.4) is 0 Å². The fourth-order valence-electron chi connectivity index (χ4n) is 2.49. The van der Waals surface area contributed by atoms with Gasteiger partial charge in [-0.15, -0.1) is 0 Å². The van der Waals surface area contributed by atoms with Gasteiger partial charge in [0.15, 0.2) is 0 Å². The first-order valence-electron chi connectivity index (χ1n) is 7.72. The van der Waals surface area contributed by atoms with E-state index in [1.54, 1.807) is 0 Å². The molecule has 0 amide bonds. The molecule has 0 radical (unpaired) electrons. The molecule has 1 N–H and O–H groups in total. The average molecular weight is 275 g/mol. The maximum Gasteiger partial charge on any atom is 0.0300 e. The predicted octanol–water partition coefficient (Wildman–Crippen LogP) is 4.46. The molecule has 21 heavy (non-hydrogen) atoms. The highest BCUT2D eigenvalue weighted by Gasteiger charge is 2.17. The first-order valence-corrected chi connectivity index (χ1v) is 7.72. The molecule has 0 bridgehead atoms. The van der Waals surface area contributed by atoms with Crippen LogP contribution in [0.1, 0.15) is 31.4 Å². The van der Waals surface area contributed by atoms with E-state index in [2.05, 4.69) is 72.6 Å². The zero-order chi connectivity index (χ0) is 14.5. The molecule has 0 aliphatic heterocycles. The van der Waals surface area contributed by atoms with E-state index in [1.165, 1.54) is 29.2 Å². The summed E-state index contributed by atoms with van der Waals surface area (Å²) in [5.41, 5.74) is 1.35. The molecular formula is C20H21N. The minimum Gasteiger partial charge on any atom is -0.307 e. The Morgan fingerprint density at radius 1 is 1.19 bits per heavy atom. The van der Waals surface area contributed by atoms with Crippen LogP contribution in [0.15, 0.2) is 54.6 Å². The Morgan fingerprint density at radius 2 is 2.00 bits per heavy atom. The van der Waals surface area contributed by atoms with E-state index in [0.717, 1.165) is 6.54 Å². The third-order valence-electron chi connectivity index (χ3n) is 3.90. The van der Waals surface area contributed by atoms with Crippen LogP contribution in [0, 0.1) is 17.8 Å². The Kier molecular flexibility index (Phi) is 4.38. The highest BCUT2D eigenvalue weighted by molar-refractivity contribution is 5.86. The van der Waals surface area contributed by atoms with Crippen LogP contribution in [0.25, 0.3) is 10.8 Å². The zero-order valence-electron chi connectivity index (χ0n) is 12.5. The summed E-state index contributed by atoms with van der Waals surface area (Å²) in [5, 5.41) is 6.17. The maximum absolute atomic E-state index is 3.54. The fourth-order valence-corrected chi connectivity index (χ4v) is 2.49. The second kappa shape index (κ2) is 6.61. The standard InChI is InChI=1S/C20H21N/c1-16(21-15-6-2-3-8-17-13-14-17)19-12-7-10-18-9-4-5-11-20(18)19/h2,4-7,9-12,16-17,21H,13-15H2,1H3/t16-/m1/s1. The third-order valence-corrected chi connectivity index (χ3v) is 3.90. The smallest absolute Gasteiger partial charge is 0.0300 e. The number of fused-ring (bicyclic) bond motifs is 1. The van der Waals surface area contributed by atoms with Crippen LogP contribution in [0.2, 0.25) is 0 Å². The van der Waals surface area contributed by atoms with Crippen LogP contribution in [-0.4, -0.2) is 6.54 Å². The molecule has 1 atom stereocenters. The monoisotopic (exact) mass is 275 g/mol. The SMILES string of the molecule is C[C@@H](NCC=CC#CC1CC1)c1cccc2ccccc12. The maximum atomic E-state index is 3.54. The molecule has 1 aliphatic rings. The van der Waals surface area contributed by atoms with Gasteiger partial charge in [0.25, 0.3) is 0 Å². The Bertz CT molecular complexity index is 693. The summed E-state index contributed by atoms with van der Waals surface area (Å²) in [6.07, 6.45) is 6.66. The Morgan fingerprint density at radius 3 is 2.86 bits per heavy atom. The van der Waals surface area contributed by atoms with Gasteiger partial charge >= 0.3 is 0 Å². The van der Waals surface area contributed by atoms with E-state index in [1.807, 2.05) is 6.08 Å². The van der Waals surface area contributed by atoms with Gasteiger partial charge in [-0.1, -0.05) is 60.4 Å². The van der Waals surface area contributed by atoms with Gasteiger partial charge in [0.05, 0.1) is 0 Å². The van der Waals surface area contributed by atoms with Gasteiger partial charge < -0.3 is 5.32 Å². The normalized spacial score (nSPS) is 15.9. The molecule has 2 aromatic rings. The van der Waals surface area contributed by atoms with Gasteiger partial charge in [0.2, 0.25) is 0 Å². The molecule has 0 spiro atoms. The lowest BCUT2D eigenvalue weighted by Crippen LogP contribution is -2.18. The summed E-state index contributed by atoms with van der Waals surface area (Å²) in [6.45, 7) is 3.06. The molecule has 1 aliphatic carbocycles. The summed E-state index contributed by atoms with van der Waals surface area (Å²) in [5.74, 6) is 7.03. The van der Waals surface area contributed by atoms with Crippen molar-refractivity contribution in [1.82, 2.24) is 5.32 Å². The van der Waals surface area contributed by atoms with Crippen molar-refractivity contribution in [2.75, 3.05) is 6.54 Å². The highest BCUT2D eigenvalue weighted by atomic mass is 14.9. The lowest BCUT2D eigenvalue weighted by Gasteiger charge is -2.15. The van der Waals surface area contributed by atoms with Gasteiger partial charge in [0.1, 0.15) is 0 Å². The highest BCUT2D eigenvalue weighted by Crippen LogP contribution is 2.27. The van der Waals surface area contributed by atoms with Crippen molar-refractivity contribution in [3.8, 4) is 11.8 Å². The molecule has 0 heterocycles. The Balaban J connectivity index is 1.61. The van der Waals surface area contributed by atoms with Gasteiger partial charge in [0, 0.05) is 18.5 Å². The van der Waals surface area contributed by atoms with E-state index in [0.29, 0.717) is 12.0 Å². The van der Waals surface area contributed by atoms with Crippen molar-refractivity contribution >= 4 is 10.8 Å². The molecule has 1 nitrogen and oxygen atoms in total. The van der Waals surface area contributed by atoms with Crippen molar-refractivity contribution in [2.24, 2.45) is 5.92 Å². The fraction of sp³-hybridized carbons (Fsp3) is 0.300. The van der Waals surface area contributed by atoms with Crippen molar-refractivity contribution in [3.05, 3.63) is 60.2 Å². The summed E-state index contributed by atoms with van der Waals surface area (Å²) in [6, 6.07) is 15.4. The minimum atomic E-state index is 0.331. The van der Waals surface area contributed by atoms with Gasteiger partial charge in [-0.2, -0.15) is 0 Å². The lowest BCUT2D eigenvalue weighted by molar-refractivity contribution is 0.621. The van der Waals surface area contributed by atoms with Gasteiger partial charge in [-0.05, 0) is 42.2 Å². The summed E-state index contributed by atoms with van der Waals surface area (Å²) in [4.78, 5) is 0. The quantitative estimate of drug-likeness (QED) is 0.812. The lowest BCUT2D eigenvalue weighted by atomic mass is 10.00. The predicted molar refractivity (Wildman–Crippen MR) is 90.0 cm³/mol. The first kappa shape index (κ1) is 13.9.